The van der Waals surface area contributed by atoms with Gasteiger partial charge in [-0.2, -0.15) is 0 Å². The van der Waals surface area contributed by atoms with E-state index < -0.39 is 0 Å². The van der Waals surface area contributed by atoms with E-state index >= 15 is 0 Å². The zero-order chi connectivity index (χ0) is 14.5. The molecule has 2 nitrogen and oxygen atoms in total. The van der Waals surface area contributed by atoms with E-state index in [-0.39, 0.29) is 11.6 Å². The summed E-state index contributed by atoms with van der Waals surface area (Å²) in [5.41, 5.74) is 7.74. The lowest BCUT2D eigenvalue weighted by atomic mass is 10.1. The molecule has 20 heavy (non-hydrogen) atoms. The standard InChI is InChI=1S/C16H18F2N2/c1-2-20(15-7-5-14(17)6-8-15)11-13-4-3-12(10-19)9-16(13)18/h3-9H,2,10-11,19H2,1H3. The van der Waals surface area contributed by atoms with Gasteiger partial charge in [-0.1, -0.05) is 12.1 Å². The molecule has 0 saturated heterocycles. The van der Waals surface area contributed by atoms with Crippen molar-refractivity contribution in [2.45, 2.75) is 20.0 Å². The Balaban J connectivity index is 2.20. The highest BCUT2D eigenvalue weighted by Crippen LogP contribution is 2.19. The highest BCUT2D eigenvalue weighted by atomic mass is 19.1. The molecule has 0 saturated carbocycles. The number of rotatable bonds is 5. The summed E-state index contributed by atoms with van der Waals surface area (Å²) >= 11 is 0. The summed E-state index contributed by atoms with van der Waals surface area (Å²) < 4.78 is 26.9. The van der Waals surface area contributed by atoms with Gasteiger partial charge in [-0.15, -0.1) is 0 Å². The van der Waals surface area contributed by atoms with Crippen LogP contribution in [0.15, 0.2) is 42.5 Å². The molecule has 0 amide bonds. The molecule has 0 aliphatic carbocycles. The van der Waals surface area contributed by atoms with E-state index in [1.54, 1.807) is 18.2 Å². The lowest BCUT2D eigenvalue weighted by Gasteiger charge is -2.23. The van der Waals surface area contributed by atoms with Crippen molar-refractivity contribution < 1.29 is 8.78 Å². The summed E-state index contributed by atoms with van der Waals surface area (Å²) in [6, 6.07) is 11.3. The van der Waals surface area contributed by atoms with Gasteiger partial charge in [0.05, 0.1) is 0 Å². The zero-order valence-electron chi connectivity index (χ0n) is 11.4. The molecule has 0 radical (unpaired) electrons. The van der Waals surface area contributed by atoms with Gasteiger partial charge in [-0.3, -0.25) is 0 Å². The largest absolute Gasteiger partial charge is 0.367 e. The average molecular weight is 276 g/mol. The van der Waals surface area contributed by atoms with Crippen molar-refractivity contribution in [1.82, 2.24) is 0 Å². The molecular weight excluding hydrogens is 258 g/mol. The van der Waals surface area contributed by atoms with E-state index in [9.17, 15) is 8.78 Å². The third kappa shape index (κ3) is 3.33. The monoisotopic (exact) mass is 276 g/mol. The minimum absolute atomic E-state index is 0.256. The molecule has 2 aromatic rings. The maximum absolute atomic E-state index is 14.0. The lowest BCUT2D eigenvalue weighted by Crippen LogP contribution is -2.22. The number of hydrogen-bond donors (Lipinski definition) is 1. The van der Waals surface area contributed by atoms with E-state index in [0.717, 1.165) is 11.3 Å². The average Bonchev–Trinajstić information content (AvgIpc) is 2.47. The van der Waals surface area contributed by atoms with E-state index in [2.05, 4.69) is 0 Å². The molecule has 106 valence electrons. The van der Waals surface area contributed by atoms with Crippen LogP contribution in [0.5, 0.6) is 0 Å². The molecule has 2 aromatic carbocycles. The third-order valence-corrected chi connectivity index (χ3v) is 3.29. The molecule has 4 heteroatoms. The second-order valence-electron chi connectivity index (χ2n) is 4.62. The van der Waals surface area contributed by atoms with Crippen LogP contribution in [0.25, 0.3) is 0 Å². The molecule has 0 spiro atoms. The van der Waals surface area contributed by atoms with Crippen molar-refractivity contribution in [2.75, 3.05) is 11.4 Å². The molecule has 0 atom stereocenters. The van der Waals surface area contributed by atoms with Gasteiger partial charge >= 0.3 is 0 Å². The van der Waals surface area contributed by atoms with Crippen LogP contribution in [0.3, 0.4) is 0 Å². The molecule has 0 aliphatic rings. The highest BCUT2D eigenvalue weighted by Gasteiger charge is 2.09. The summed E-state index contributed by atoms with van der Waals surface area (Å²) in [5.74, 6) is -0.531. The predicted octanol–water partition coefficient (Wildman–Crippen LogP) is 3.45. The second-order valence-corrected chi connectivity index (χ2v) is 4.62. The van der Waals surface area contributed by atoms with E-state index in [4.69, 9.17) is 5.73 Å². The molecule has 2 N–H and O–H groups in total. The van der Waals surface area contributed by atoms with Crippen LogP contribution in [-0.4, -0.2) is 6.54 Å². The van der Waals surface area contributed by atoms with Crippen molar-refractivity contribution in [3.63, 3.8) is 0 Å². The maximum atomic E-state index is 14.0. The summed E-state index contributed by atoms with van der Waals surface area (Å²) in [7, 11) is 0. The fourth-order valence-electron chi connectivity index (χ4n) is 2.09. The number of anilines is 1. The Labute approximate surface area is 117 Å². The lowest BCUT2D eigenvalue weighted by molar-refractivity contribution is 0.602. The topological polar surface area (TPSA) is 29.3 Å². The second kappa shape index (κ2) is 6.48. The van der Waals surface area contributed by atoms with Gasteiger partial charge in [0.25, 0.3) is 0 Å². The molecule has 2 rings (SSSR count). The normalized spacial score (nSPS) is 10.6. The summed E-state index contributed by atoms with van der Waals surface area (Å²) in [4.78, 5) is 1.99. The Morgan fingerprint density at radius 3 is 2.30 bits per heavy atom. The Morgan fingerprint density at radius 1 is 1.05 bits per heavy atom. The van der Waals surface area contributed by atoms with Gasteiger partial charge in [0.15, 0.2) is 0 Å². The fourth-order valence-corrected chi connectivity index (χ4v) is 2.09. The zero-order valence-corrected chi connectivity index (χ0v) is 11.4. The number of nitrogens with zero attached hydrogens (tertiary/aromatic N) is 1. The quantitative estimate of drug-likeness (QED) is 0.906. The Bertz CT molecular complexity index is 567. The molecule has 0 aromatic heterocycles. The Morgan fingerprint density at radius 2 is 1.75 bits per heavy atom. The first-order valence-corrected chi connectivity index (χ1v) is 6.62. The minimum atomic E-state index is -0.275. The van der Waals surface area contributed by atoms with Gasteiger partial charge in [-0.05, 0) is 42.8 Å². The molecule has 0 heterocycles. The van der Waals surface area contributed by atoms with Crippen LogP contribution in [0, 0.1) is 11.6 Å². The molecule has 0 aliphatic heterocycles. The summed E-state index contributed by atoms with van der Waals surface area (Å²) in [6.07, 6.45) is 0. The smallest absolute Gasteiger partial charge is 0.128 e. The first-order valence-electron chi connectivity index (χ1n) is 6.62. The van der Waals surface area contributed by atoms with Crippen molar-refractivity contribution in [1.29, 1.82) is 0 Å². The molecule has 0 unspecified atom stereocenters. The number of nitrogens with two attached hydrogens (primary N) is 1. The molecular formula is C16H18F2N2. The first-order chi connectivity index (χ1) is 9.63. The predicted molar refractivity (Wildman–Crippen MR) is 77.4 cm³/mol. The van der Waals surface area contributed by atoms with Crippen LogP contribution in [0.2, 0.25) is 0 Å². The van der Waals surface area contributed by atoms with Crippen LogP contribution in [0.1, 0.15) is 18.1 Å². The van der Waals surface area contributed by atoms with E-state index in [0.29, 0.717) is 25.2 Å². The summed E-state index contributed by atoms with van der Waals surface area (Å²) in [6.45, 7) is 3.46. The summed E-state index contributed by atoms with van der Waals surface area (Å²) in [5, 5.41) is 0. The van der Waals surface area contributed by atoms with E-state index in [1.165, 1.54) is 18.2 Å². The van der Waals surface area contributed by atoms with Crippen molar-refractivity contribution >= 4 is 5.69 Å². The Kier molecular flexibility index (Phi) is 4.69. The van der Waals surface area contributed by atoms with Gasteiger partial charge in [0, 0.05) is 30.9 Å². The molecule has 0 fully saturated rings. The van der Waals surface area contributed by atoms with Crippen molar-refractivity contribution in [2.24, 2.45) is 5.73 Å². The number of halogens is 2. The fraction of sp³-hybridized carbons (Fsp3) is 0.250. The van der Waals surface area contributed by atoms with E-state index in [1.807, 2.05) is 17.9 Å². The number of hydrogen-bond acceptors (Lipinski definition) is 2. The number of benzene rings is 2. The highest BCUT2D eigenvalue weighted by molar-refractivity contribution is 5.47. The van der Waals surface area contributed by atoms with Crippen LogP contribution in [-0.2, 0) is 13.1 Å². The van der Waals surface area contributed by atoms with Crippen molar-refractivity contribution in [3.05, 3.63) is 65.2 Å². The first kappa shape index (κ1) is 14.5. The minimum Gasteiger partial charge on any atom is -0.367 e. The van der Waals surface area contributed by atoms with Crippen molar-refractivity contribution in [3.8, 4) is 0 Å². The van der Waals surface area contributed by atoms with Crippen LogP contribution >= 0.6 is 0 Å². The van der Waals surface area contributed by atoms with Gasteiger partial charge in [0.2, 0.25) is 0 Å². The van der Waals surface area contributed by atoms with Crippen LogP contribution < -0.4 is 10.6 Å². The maximum Gasteiger partial charge on any atom is 0.128 e. The van der Waals surface area contributed by atoms with Gasteiger partial charge in [-0.25, -0.2) is 8.78 Å². The molecule has 0 bridgehead atoms. The van der Waals surface area contributed by atoms with Gasteiger partial charge < -0.3 is 10.6 Å². The van der Waals surface area contributed by atoms with Gasteiger partial charge in [0.1, 0.15) is 11.6 Å². The SMILES string of the molecule is CCN(Cc1ccc(CN)cc1F)c1ccc(F)cc1. The Hall–Kier alpha value is -1.94. The van der Waals surface area contributed by atoms with Crippen LogP contribution in [0.4, 0.5) is 14.5 Å². The third-order valence-electron chi connectivity index (χ3n) is 3.29.